The Hall–Kier alpha value is -0.180. The highest BCUT2D eigenvalue weighted by atomic mass is 32.1. The smallest absolute Gasteiger partial charge is 0.197 e. The van der Waals surface area contributed by atoms with Crippen LogP contribution in [0.25, 0.3) is 0 Å². The van der Waals surface area contributed by atoms with Crippen LogP contribution in [0.4, 0.5) is 0 Å². The molecule has 172 valence electrons. The molecule has 0 fully saturated rings. The molecule has 0 radical (unpaired) electrons. The zero-order valence-corrected chi connectivity index (χ0v) is 23.2. The van der Waals surface area contributed by atoms with Crippen LogP contribution < -0.4 is 0 Å². The Morgan fingerprint density at radius 3 is 1.43 bits per heavy atom. The molecule has 0 saturated heterocycles. The van der Waals surface area contributed by atoms with Crippen LogP contribution in [-0.2, 0) is 22.0 Å². The minimum absolute atomic E-state index is 0.454. The summed E-state index contributed by atoms with van der Waals surface area (Å²) in [5.74, 6) is 0. The van der Waals surface area contributed by atoms with E-state index < -0.39 is 14.5 Å². The lowest BCUT2D eigenvalue weighted by Gasteiger charge is -2.05. The maximum atomic E-state index is 11.5. The van der Waals surface area contributed by atoms with Crippen LogP contribution in [-0.4, -0.2) is 37.2 Å². The van der Waals surface area contributed by atoms with E-state index in [9.17, 15) is 9.13 Å². The summed E-state index contributed by atoms with van der Waals surface area (Å²) in [5.41, 5.74) is 2.89. The van der Waals surface area contributed by atoms with E-state index in [1.807, 2.05) is 36.0 Å². The van der Waals surface area contributed by atoms with Crippen molar-refractivity contribution in [1.29, 1.82) is 0 Å². The highest BCUT2D eigenvalue weighted by molar-refractivity contribution is 7.62. The Kier molecular flexibility index (Phi) is 11.8. The molecular formula is C23H40O3P2S2. The number of aryl methyl sites for hydroxylation is 6. The Labute approximate surface area is 192 Å². The van der Waals surface area contributed by atoms with E-state index in [0.717, 1.165) is 38.3 Å². The molecule has 3 nitrogen and oxygen atoms in total. The van der Waals surface area contributed by atoms with Gasteiger partial charge in [0.15, 0.2) is 7.37 Å². The number of hydrogen-bond donors (Lipinski definition) is 1. The number of rotatable bonds is 10. The monoisotopic (exact) mass is 490 g/mol. The van der Waals surface area contributed by atoms with Crippen LogP contribution in [0.15, 0.2) is 12.1 Å². The second-order valence-electron chi connectivity index (χ2n) is 8.86. The fraction of sp³-hybridized carbons (Fsp3) is 0.652. The molecule has 0 aliphatic heterocycles. The van der Waals surface area contributed by atoms with Crippen molar-refractivity contribution in [2.75, 3.05) is 32.3 Å². The molecule has 0 aromatic carbocycles. The van der Waals surface area contributed by atoms with Gasteiger partial charge in [0, 0.05) is 38.5 Å². The first kappa shape index (κ1) is 27.9. The zero-order chi connectivity index (χ0) is 22.9. The van der Waals surface area contributed by atoms with E-state index in [-0.39, 0.29) is 0 Å². The molecule has 0 aliphatic carbocycles. The first-order chi connectivity index (χ1) is 13.8. The van der Waals surface area contributed by atoms with Gasteiger partial charge in [0.2, 0.25) is 0 Å². The zero-order valence-electron chi connectivity index (χ0n) is 19.8. The summed E-state index contributed by atoms with van der Waals surface area (Å²) < 4.78 is 22.6. The molecule has 0 amide bonds. The van der Waals surface area contributed by atoms with Crippen LogP contribution >= 0.6 is 37.2 Å². The lowest BCUT2D eigenvalue weighted by Crippen LogP contribution is -1.90. The number of hydrogen-bond acceptors (Lipinski definition) is 4. The van der Waals surface area contributed by atoms with Gasteiger partial charge in [0.1, 0.15) is 0 Å². The largest absolute Gasteiger partial charge is 0.344 e. The molecule has 0 saturated carbocycles. The van der Waals surface area contributed by atoms with E-state index >= 15 is 0 Å². The van der Waals surface area contributed by atoms with Gasteiger partial charge in [-0.2, -0.15) is 0 Å². The van der Waals surface area contributed by atoms with Gasteiger partial charge >= 0.3 is 0 Å². The summed E-state index contributed by atoms with van der Waals surface area (Å²) in [6.07, 6.45) is 7.66. The summed E-state index contributed by atoms with van der Waals surface area (Å²) >= 11 is 3.71. The second-order valence-corrected chi connectivity index (χ2v) is 17.9. The van der Waals surface area contributed by atoms with Crippen molar-refractivity contribution in [2.45, 2.75) is 66.2 Å². The molecule has 1 atom stereocenters. The van der Waals surface area contributed by atoms with Crippen molar-refractivity contribution in [3.8, 4) is 0 Å². The Morgan fingerprint density at radius 2 is 1.13 bits per heavy atom. The molecule has 1 N–H and O–H groups in total. The Balaban J connectivity index is 0.000000300. The molecule has 1 unspecified atom stereocenters. The molecule has 2 aromatic rings. The Bertz CT molecular complexity index is 799. The SMILES string of the molecule is Cc1cc(CCCCP(C)(=O)O)c(C)s1.Cc1cc(CCCCP(C)(C)=O)c(C)s1. The first-order valence-electron chi connectivity index (χ1n) is 10.7. The Morgan fingerprint density at radius 1 is 0.733 bits per heavy atom. The average molecular weight is 491 g/mol. The molecule has 0 aliphatic rings. The van der Waals surface area contributed by atoms with Gasteiger partial charge in [0.05, 0.1) is 7.14 Å². The van der Waals surface area contributed by atoms with Crippen molar-refractivity contribution in [3.05, 3.63) is 42.8 Å². The molecule has 2 aromatic heterocycles. The van der Waals surface area contributed by atoms with Crippen molar-refractivity contribution < 1.29 is 14.0 Å². The molecule has 2 heterocycles. The normalized spacial score (nSPS) is 13.6. The van der Waals surface area contributed by atoms with Crippen molar-refractivity contribution in [3.63, 3.8) is 0 Å². The lowest BCUT2D eigenvalue weighted by atomic mass is 10.1. The van der Waals surface area contributed by atoms with Crippen molar-refractivity contribution in [1.82, 2.24) is 0 Å². The topological polar surface area (TPSA) is 54.4 Å². The van der Waals surface area contributed by atoms with E-state index in [1.165, 1.54) is 43.7 Å². The first-order valence-corrected chi connectivity index (χ1v) is 17.4. The number of thiophene rings is 2. The van der Waals surface area contributed by atoms with Crippen LogP contribution in [0, 0.1) is 27.7 Å². The molecule has 7 heteroatoms. The molecule has 2 rings (SSSR count). The molecule has 0 bridgehead atoms. The van der Waals surface area contributed by atoms with Gasteiger partial charge in [-0.15, -0.1) is 22.7 Å². The summed E-state index contributed by atoms with van der Waals surface area (Å²) in [7, 11) is -4.58. The maximum absolute atomic E-state index is 11.5. The third kappa shape index (κ3) is 12.6. The van der Waals surface area contributed by atoms with Gasteiger partial charge in [-0.3, -0.25) is 4.57 Å². The fourth-order valence-electron chi connectivity index (χ4n) is 3.39. The maximum Gasteiger partial charge on any atom is 0.197 e. The van der Waals surface area contributed by atoms with Crippen molar-refractivity contribution in [2.24, 2.45) is 0 Å². The van der Waals surface area contributed by atoms with Gasteiger partial charge in [-0.25, -0.2) is 0 Å². The standard InChI is InChI=1S/C12H21OPS.C11H19O2PS/c1-10-9-12(11(2)15-10)7-5-6-8-14(3,4)13;1-9-8-11(10(2)15-9)6-4-5-7-14(3,12)13/h9H,5-8H2,1-4H3;8H,4-7H2,1-3H3,(H,12,13). The predicted molar refractivity (Wildman–Crippen MR) is 138 cm³/mol. The summed E-state index contributed by atoms with van der Waals surface area (Å²) in [6, 6.07) is 4.52. The van der Waals surface area contributed by atoms with E-state index in [2.05, 4.69) is 39.8 Å². The molecular weight excluding hydrogens is 450 g/mol. The minimum Gasteiger partial charge on any atom is -0.344 e. The number of unbranched alkanes of at least 4 members (excludes halogenated alkanes) is 2. The van der Waals surface area contributed by atoms with Crippen molar-refractivity contribution >= 4 is 37.2 Å². The summed E-state index contributed by atoms with van der Waals surface area (Å²) in [5, 5.41) is 0. The highest BCUT2D eigenvalue weighted by Gasteiger charge is 2.09. The van der Waals surface area contributed by atoms with Crippen LogP contribution in [0.1, 0.15) is 56.3 Å². The minimum atomic E-state index is -2.79. The predicted octanol–water partition coefficient (Wildman–Crippen LogP) is 7.90. The summed E-state index contributed by atoms with van der Waals surface area (Å²) in [6.45, 7) is 13.8. The fourth-order valence-corrected chi connectivity index (χ4v) is 7.14. The van der Waals surface area contributed by atoms with Gasteiger partial charge < -0.3 is 9.46 Å². The third-order valence-corrected chi connectivity index (χ3v) is 9.51. The van der Waals surface area contributed by atoms with Gasteiger partial charge in [-0.05, 0) is 103 Å². The van der Waals surface area contributed by atoms with E-state index in [4.69, 9.17) is 4.89 Å². The third-order valence-electron chi connectivity index (χ3n) is 4.95. The van der Waals surface area contributed by atoms with E-state index in [1.54, 1.807) is 0 Å². The lowest BCUT2D eigenvalue weighted by molar-refractivity contribution is 0.482. The van der Waals surface area contributed by atoms with Gasteiger partial charge in [0.25, 0.3) is 0 Å². The summed E-state index contributed by atoms with van der Waals surface area (Å²) in [4.78, 5) is 14.7. The van der Waals surface area contributed by atoms with Crippen LogP contribution in [0.2, 0.25) is 0 Å². The molecule has 30 heavy (non-hydrogen) atoms. The highest BCUT2D eigenvalue weighted by Crippen LogP contribution is 2.37. The average Bonchev–Trinajstić information content (AvgIpc) is 3.07. The van der Waals surface area contributed by atoms with E-state index in [0.29, 0.717) is 6.16 Å². The molecule has 0 spiro atoms. The second kappa shape index (κ2) is 12.8. The van der Waals surface area contributed by atoms with Crippen LogP contribution in [0.3, 0.4) is 0 Å². The van der Waals surface area contributed by atoms with Crippen LogP contribution in [0.5, 0.6) is 0 Å². The quantitative estimate of drug-likeness (QED) is 0.272. The van der Waals surface area contributed by atoms with Gasteiger partial charge in [-0.1, -0.05) is 0 Å².